The molecule has 3 heteroatoms. The van der Waals surface area contributed by atoms with E-state index in [0.717, 1.165) is 5.22 Å². The SMILES string of the molecule is O=C1C=c2cccc3c2=C1C(=O)O3. The molecular formula is C10H4O3. The molecule has 0 fully saturated rings. The Balaban J connectivity index is 2.64. The largest absolute Gasteiger partial charge is 0.422 e. The van der Waals surface area contributed by atoms with Crippen molar-refractivity contribution >= 4 is 23.4 Å². The van der Waals surface area contributed by atoms with Gasteiger partial charge in [-0.05, 0) is 17.4 Å². The highest BCUT2D eigenvalue weighted by molar-refractivity contribution is 6.50. The molecule has 62 valence electrons. The van der Waals surface area contributed by atoms with Crippen LogP contribution in [0.5, 0.6) is 5.75 Å². The molecule has 0 radical (unpaired) electrons. The minimum Gasteiger partial charge on any atom is -0.422 e. The smallest absolute Gasteiger partial charge is 0.348 e. The van der Waals surface area contributed by atoms with Crippen LogP contribution in [0.15, 0.2) is 18.2 Å². The summed E-state index contributed by atoms with van der Waals surface area (Å²) in [6.45, 7) is 0. The quantitative estimate of drug-likeness (QED) is 0.377. The molecule has 0 atom stereocenters. The molecule has 1 aromatic rings. The molecule has 1 heterocycles. The average molecular weight is 172 g/mol. The normalized spacial score (nSPS) is 17.1. The van der Waals surface area contributed by atoms with Crippen LogP contribution in [0.2, 0.25) is 0 Å². The molecule has 2 aliphatic rings. The Bertz CT molecular complexity index is 566. The molecule has 0 aromatic heterocycles. The maximum absolute atomic E-state index is 11.3. The monoisotopic (exact) mass is 172 g/mol. The van der Waals surface area contributed by atoms with Crippen LogP contribution in [0.3, 0.4) is 0 Å². The summed E-state index contributed by atoms with van der Waals surface area (Å²) in [7, 11) is 0. The van der Waals surface area contributed by atoms with Gasteiger partial charge in [-0.3, -0.25) is 4.79 Å². The first-order valence-electron chi connectivity index (χ1n) is 3.89. The molecule has 1 aromatic carbocycles. The van der Waals surface area contributed by atoms with Gasteiger partial charge in [0.25, 0.3) is 0 Å². The topological polar surface area (TPSA) is 43.4 Å². The summed E-state index contributed by atoms with van der Waals surface area (Å²) in [4.78, 5) is 22.5. The fraction of sp³-hybridized carbons (Fsp3) is 0. The van der Waals surface area contributed by atoms with Gasteiger partial charge in [0.15, 0.2) is 5.78 Å². The number of hydrogen-bond acceptors (Lipinski definition) is 3. The molecule has 0 saturated heterocycles. The Hall–Kier alpha value is -1.90. The van der Waals surface area contributed by atoms with Gasteiger partial charge in [-0.2, -0.15) is 0 Å². The van der Waals surface area contributed by atoms with Gasteiger partial charge in [-0.15, -0.1) is 0 Å². The van der Waals surface area contributed by atoms with Crippen LogP contribution < -0.4 is 15.2 Å². The number of carbonyl (C=O) groups is 2. The van der Waals surface area contributed by atoms with Gasteiger partial charge in [-0.1, -0.05) is 12.1 Å². The lowest BCUT2D eigenvalue weighted by Gasteiger charge is -1.95. The Labute approximate surface area is 72.9 Å². The lowest BCUT2D eigenvalue weighted by Crippen LogP contribution is -2.20. The highest BCUT2D eigenvalue weighted by Crippen LogP contribution is 2.16. The Morgan fingerprint density at radius 3 is 2.85 bits per heavy atom. The zero-order valence-corrected chi connectivity index (χ0v) is 6.53. The van der Waals surface area contributed by atoms with E-state index in [9.17, 15) is 9.59 Å². The molecule has 1 aliphatic heterocycles. The summed E-state index contributed by atoms with van der Waals surface area (Å²) in [6, 6.07) is 5.25. The van der Waals surface area contributed by atoms with Crippen LogP contribution in [0, 0.1) is 0 Å². The summed E-state index contributed by atoms with van der Waals surface area (Å²) >= 11 is 0. The second-order valence-electron chi connectivity index (χ2n) is 2.99. The highest BCUT2D eigenvalue weighted by Gasteiger charge is 2.31. The van der Waals surface area contributed by atoms with Crippen molar-refractivity contribution in [1.82, 2.24) is 0 Å². The van der Waals surface area contributed by atoms with Crippen LogP contribution in [0.4, 0.5) is 0 Å². The third kappa shape index (κ3) is 0.643. The summed E-state index contributed by atoms with van der Waals surface area (Å²) in [5.41, 5.74) is 0.186. The van der Waals surface area contributed by atoms with Crippen molar-refractivity contribution in [2.45, 2.75) is 0 Å². The fourth-order valence-electron chi connectivity index (χ4n) is 1.71. The molecular weight excluding hydrogens is 168 g/mol. The second-order valence-corrected chi connectivity index (χ2v) is 2.99. The van der Waals surface area contributed by atoms with E-state index in [1.165, 1.54) is 6.08 Å². The van der Waals surface area contributed by atoms with Gasteiger partial charge < -0.3 is 4.74 Å². The summed E-state index contributed by atoms with van der Waals surface area (Å²) in [5, 5.41) is 1.45. The first kappa shape index (κ1) is 6.60. The predicted octanol–water partition coefficient (Wildman–Crippen LogP) is -0.881. The number of ether oxygens (including phenoxy) is 1. The van der Waals surface area contributed by atoms with E-state index in [-0.39, 0.29) is 11.4 Å². The summed E-state index contributed by atoms with van der Waals surface area (Å²) in [5.74, 6) is -0.272. The summed E-state index contributed by atoms with van der Waals surface area (Å²) < 4.78 is 4.90. The molecule has 0 amide bonds. The van der Waals surface area contributed by atoms with E-state index < -0.39 is 5.97 Å². The number of rotatable bonds is 0. The average Bonchev–Trinajstić information content (AvgIpc) is 2.57. The molecule has 3 nitrogen and oxygen atoms in total. The first-order chi connectivity index (χ1) is 6.27. The van der Waals surface area contributed by atoms with Crippen LogP contribution in [0.25, 0.3) is 11.6 Å². The van der Waals surface area contributed by atoms with Gasteiger partial charge in [0, 0.05) is 5.22 Å². The van der Waals surface area contributed by atoms with Gasteiger partial charge in [-0.25, -0.2) is 4.79 Å². The molecule has 1 aliphatic carbocycles. The van der Waals surface area contributed by atoms with Crippen molar-refractivity contribution in [3.63, 3.8) is 0 Å². The Morgan fingerprint density at radius 1 is 1.15 bits per heavy atom. The zero-order valence-electron chi connectivity index (χ0n) is 6.53. The zero-order chi connectivity index (χ0) is 9.00. The molecule has 0 saturated carbocycles. The van der Waals surface area contributed by atoms with Gasteiger partial charge >= 0.3 is 5.97 Å². The number of ketones is 1. The van der Waals surface area contributed by atoms with Crippen LogP contribution >= 0.6 is 0 Å². The lowest BCUT2D eigenvalue weighted by molar-refractivity contribution is -0.128. The Morgan fingerprint density at radius 2 is 2.00 bits per heavy atom. The number of benzene rings is 1. The number of esters is 1. The number of hydrogen-bond donors (Lipinski definition) is 0. The molecule has 13 heavy (non-hydrogen) atoms. The van der Waals surface area contributed by atoms with Crippen molar-refractivity contribution in [2.24, 2.45) is 0 Å². The van der Waals surface area contributed by atoms with Crippen LogP contribution in [0.1, 0.15) is 0 Å². The van der Waals surface area contributed by atoms with E-state index in [4.69, 9.17) is 4.74 Å². The van der Waals surface area contributed by atoms with Crippen LogP contribution in [-0.4, -0.2) is 11.8 Å². The molecule has 0 bridgehead atoms. The van der Waals surface area contributed by atoms with Crippen molar-refractivity contribution in [3.8, 4) is 5.75 Å². The predicted molar refractivity (Wildman–Crippen MR) is 44.2 cm³/mol. The third-order valence-corrected chi connectivity index (χ3v) is 2.25. The van der Waals surface area contributed by atoms with Crippen molar-refractivity contribution in [1.29, 1.82) is 0 Å². The van der Waals surface area contributed by atoms with E-state index in [1.807, 2.05) is 0 Å². The third-order valence-electron chi connectivity index (χ3n) is 2.25. The summed E-state index contributed by atoms with van der Waals surface area (Å²) in [6.07, 6.45) is 1.47. The Kier molecular flexibility index (Phi) is 0.953. The molecule has 0 unspecified atom stereocenters. The molecule has 0 spiro atoms. The maximum Gasteiger partial charge on any atom is 0.348 e. The molecule has 3 rings (SSSR count). The minimum atomic E-state index is -0.527. The lowest BCUT2D eigenvalue weighted by atomic mass is 10.2. The maximum atomic E-state index is 11.3. The minimum absolute atomic E-state index is 0.186. The van der Waals surface area contributed by atoms with Crippen molar-refractivity contribution < 1.29 is 14.3 Å². The fourth-order valence-corrected chi connectivity index (χ4v) is 1.71. The first-order valence-corrected chi connectivity index (χ1v) is 3.89. The van der Waals surface area contributed by atoms with Gasteiger partial charge in [0.1, 0.15) is 11.3 Å². The number of carbonyl (C=O) groups excluding carboxylic acids is 2. The van der Waals surface area contributed by atoms with E-state index >= 15 is 0 Å². The van der Waals surface area contributed by atoms with E-state index in [2.05, 4.69) is 0 Å². The van der Waals surface area contributed by atoms with Crippen molar-refractivity contribution in [3.05, 3.63) is 28.6 Å². The van der Waals surface area contributed by atoms with Gasteiger partial charge in [0.2, 0.25) is 0 Å². The van der Waals surface area contributed by atoms with Gasteiger partial charge in [0.05, 0.1) is 0 Å². The van der Waals surface area contributed by atoms with E-state index in [1.54, 1.807) is 18.2 Å². The number of Topliss-reactive ketones (excluding diaryl/α,β-unsaturated/α-hetero) is 1. The molecule has 0 N–H and O–H groups in total. The highest BCUT2D eigenvalue weighted by atomic mass is 16.5. The van der Waals surface area contributed by atoms with E-state index in [0.29, 0.717) is 11.0 Å². The second kappa shape index (κ2) is 1.88. The standard InChI is InChI=1S/C10H4O3/c11-6-4-5-2-1-3-7-8(5)9(6)10(12)13-7/h1-4H. The van der Waals surface area contributed by atoms with Crippen molar-refractivity contribution in [2.75, 3.05) is 0 Å². The van der Waals surface area contributed by atoms with Crippen LogP contribution in [-0.2, 0) is 9.59 Å².